The number of nitrogens with two attached hydrogens (primary N) is 1. The number of nitrogens with zero attached hydrogens (tertiary/aromatic N) is 2. The van der Waals surface area contributed by atoms with Gasteiger partial charge in [-0.05, 0) is 45.8 Å². The zero-order chi connectivity index (χ0) is 13.6. The summed E-state index contributed by atoms with van der Waals surface area (Å²) in [7, 11) is 2.20. The zero-order valence-corrected chi connectivity index (χ0v) is 11.9. The van der Waals surface area contributed by atoms with E-state index < -0.39 is 0 Å². The average molecular weight is 256 g/mol. The van der Waals surface area contributed by atoms with E-state index in [1.165, 1.54) is 19.4 Å². The summed E-state index contributed by atoms with van der Waals surface area (Å²) < 4.78 is 0. The molecule has 1 rings (SSSR count). The number of rotatable bonds is 7. The lowest BCUT2D eigenvalue weighted by Crippen LogP contribution is -2.36. The minimum atomic E-state index is -0.222. The van der Waals surface area contributed by atoms with E-state index in [0.29, 0.717) is 11.9 Å². The Labute approximate surface area is 110 Å². The number of oxime groups is 1. The summed E-state index contributed by atoms with van der Waals surface area (Å²) in [6.07, 6.45) is 4.59. The first-order chi connectivity index (χ1) is 8.47. The quantitative estimate of drug-likeness (QED) is 0.210. The summed E-state index contributed by atoms with van der Waals surface area (Å²) in [5, 5.41) is 15.3. The van der Waals surface area contributed by atoms with Crippen molar-refractivity contribution >= 4 is 5.84 Å². The predicted molar refractivity (Wildman–Crippen MR) is 74.9 cm³/mol. The number of hydrogen-bond acceptors (Lipinski definition) is 4. The molecule has 18 heavy (non-hydrogen) atoms. The van der Waals surface area contributed by atoms with Gasteiger partial charge in [-0.3, -0.25) is 0 Å². The lowest BCUT2D eigenvalue weighted by Gasteiger charge is -2.23. The molecule has 0 aromatic rings. The Morgan fingerprint density at radius 2 is 2.28 bits per heavy atom. The molecule has 0 saturated carbocycles. The molecule has 4 N–H and O–H groups in total. The third-order valence-electron chi connectivity index (χ3n) is 4.01. The molecule has 1 atom stereocenters. The number of hydrogen-bond donors (Lipinski definition) is 3. The Morgan fingerprint density at radius 3 is 2.83 bits per heavy atom. The zero-order valence-electron chi connectivity index (χ0n) is 11.9. The fraction of sp³-hybridized carbons (Fsp3) is 0.923. The van der Waals surface area contributed by atoms with E-state index in [0.717, 1.165) is 25.9 Å². The van der Waals surface area contributed by atoms with Gasteiger partial charge in [0.15, 0.2) is 0 Å². The Kier molecular flexibility index (Phi) is 5.88. The summed E-state index contributed by atoms with van der Waals surface area (Å²) in [5.41, 5.74) is 5.43. The molecule has 5 nitrogen and oxygen atoms in total. The summed E-state index contributed by atoms with van der Waals surface area (Å²) in [6, 6.07) is 0.696. The third kappa shape index (κ3) is 4.46. The maximum atomic E-state index is 8.69. The van der Waals surface area contributed by atoms with Gasteiger partial charge in [0.05, 0.1) is 0 Å². The molecule has 1 heterocycles. The van der Waals surface area contributed by atoms with E-state index in [4.69, 9.17) is 10.9 Å². The maximum absolute atomic E-state index is 8.69. The Morgan fingerprint density at radius 1 is 1.56 bits per heavy atom. The van der Waals surface area contributed by atoms with Gasteiger partial charge in [0.2, 0.25) is 0 Å². The molecule has 1 fully saturated rings. The van der Waals surface area contributed by atoms with E-state index in [-0.39, 0.29) is 5.41 Å². The third-order valence-corrected chi connectivity index (χ3v) is 4.01. The van der Waals surface area contributed by atoms with Crippen LogP contribution in [0.15, 0.2) is 5.16 Å². The first kappa shape index (κ1) is 15.2. The normalized spacial score (nSPS) is 22.6. The van der Waals surface area contributed by atoms with Crippen LogP contribution in [0.4, 0.5) is 0 Å². The van der Waals surface area contributed by atoms with Crippen LogP contribution in [0, 0.1) is 5.41 Å². The van der Waals surface area contributed by atoms with Gasteiger partial charge < -0.3 is 21.2 Å². The molecular weight excluding hydrogens is 228 g/mol. The lowest BCUT2D eigenvalue weighted by molar-refractivity contribution is 0.295. The van der Waals surface area contributed by atoms with Crippen LogP contribution in [-0.2, 0) is 0 Å². The average Bonchev–Trinajstić information content (AvgIpc) is 2.73. The summed E-state index contributed by atoms with van der Waals surface area (Å²) in [4.78, 5) is 2.42. The Hall–Kier alpha value is -0.810. The second-order valence-electron chi connectivity index (χ2n) is 5.95. The highest BCUT2D eigenvalue weighted by atomic mass is 16.4. The predicted octanol–water partition coefficient (Wildman–Crippen LogP) is 1.22. The van der Waals surface area contributed by atoms with E-state index in [2.05, 4.69) is 22.4 Å². The van der Waals surface area contributed by atoms with Crippen molar-refractivity contribution in [1.82, 2.24) is 10.2 Å². The van der Waals surface area contributed by atoms with Gasteiger partial charge in [-0.2, -0.15) is 0 Å². The van der Waals surface area contributed by atoms with Crippen molar-refractivity contribution in [2.75, 3.05) is 26.7 Å². The maximum Gasteiger partial charge on any atom is 0.144 e. The molecule has 0 amide bonds. The molecule has 106 valence electrons. The minimum Gasteiger partial charge on any atom is -0.409 e. The second kappa shape index (κ2) is 6.95. The highest BCUT2D eigenvalue weighted by Gasteiger charge is 2.23. The van der Waals surface area contributed by atoms with Crippen LogP contribution in [0.25, 0.3) is 0 Å². The SMILES string of the molecule is CN1CCCC1CNCCCC(C)(C)C(N)=NO. The van der Waals surface area contributed by atoms with Crippen LogP contribution in [0.3, 0.4) is 0 Å². The van der Waals surface area contributed by atoms with Crippen molar-refractivity contribution in [3.05, 3.63) is 0 Å². The fourth-order valence-corrected chi connectivity index (χ4v) is 2.42. The summed E-state index contributed by atoms with van der Waals surface area (Å²) in [5.74, 6) is 0.318. The van der Waals surface area contributed by atoms with Crippen molar-refractivity contribution in [1.29, 1.82) is 0 Å². The summed E-state index contributed by atoms with van der Waals surface area (Å²) in [6.45, 7) is 7.30. The monoisotopic (exact) mass is 256 g/mol. The molecule has 0 spiro atoms. The van der Waals surface area contributed by atoms with Gasteiger partial charge in [0, 0.05) is 18.0 Å². The van der Waals surface area contributed by atoms with Gasteiger partial charge in [0.1, 0.15) is 5.84 Å². The van der Waals surface area contributed by atoms with Crippen molar-refractivity contribution in [2.45, 2.75) is 45.6 Å². The Balaban J connectivity index is 2.11. The van der Waals surface area contributed by atoms with E-state index in [1.807, 2.05) is 13.8 Å². The fourth-order valence-electron chi connectivity index (χ4n) is 2.42. The van der Waals surface area contributed by atoms with Crippen LogP contribution < -0.4 is 11.1 Å². The first-order valence-electron chi connectivity index (χ1n) is 6.86. The van der Waals surface area contributed by atoms with Crippen LogP contribution >= 0.6 is 0 Å². The molecule has 1 aliphatic heterocycles. The number of likely N-dealkylation sites (N-methyl/N-ethyl adjacent to an activating group) is 1. The molecule has 1 aliphatic rings. The second-order valence-corrected chi connectivity index (χ2v) is 5.95. The number of nitrogens with one attached hydrogen (secondary N) is 1. The summed E-state index contributed by atoms with van der Waals surface area (Å²) >= 11 is 0. The molecule has 0 aliphatic carbocycles. The number of amidine groups is 1. The van der Waals surface area contributed by atoms with Crippen LogP contribution in [-0.4, -0.2) is 48.7 Å². The molecule has 1 unspecified atom stereocenters. The van der Waals surface area contributed by atoms with E-state index in [1.54, 1.807) is 0 Å². The van der Waals surface area contributed by atoms with Crippen molar-refractivity contribution < 1.29 is 5.21 Å². The topological polar surface area (TPSA) is 73.9 Å². The largest absolute Gasteiger partial charge is 0.409 e. The van der Waals surface area contributed by atoms with Gasteiger partial charge in [-0.15, -0.1) is 0 Å². The highest BCUT2D eigenvalue weighted by molar-refractivity contribution is 5.85. The standard InChI is InChI=1S/C13H28N4O/c1-13(2,12(14)16-18)7-5-8-15-10-11-6-4-9-17(11)3/h11,15,18H,4-10H2,1-3H3,(H2,14,16). The van der Waals surface area contributed by atoms with Gasteiger partial charge in [-0.1, -0.05) is 19.0 Å². The number of likely N-dealkylation sites (tertiary alicyclic amines) is 1. The molecular formula is C13H28N4O. The van der Waals surface area contributed by atoms with Gasteiger partial charge in [-0.25, -0.2) is 0 Å². The molecule has 0 radical (unpaired) electrons. The van der Waals surface area contributed by atoms with E-state index >= 15 is 0 Å². The first-order valence-corrected chi connectivity index (χ1v) is 6.86. The van der Waals surface area contributed by atoms with E-state index in [9.17, 15) is 0 Å². The van der Waals surface area contributed by atoms with Crippen LogP contribution in [0.1, 0.15) is 39.5 Å². The van der Waals surface area contributed by atoms with Crippen LogP contribution in [0.5, 0.6) is 0 Å². The van der Waals surface area contributed by atoms with Gasteiger partial charge >= 0.3 is 0 Å². The smallest absolute Gasteiger partial charge is 0.144 e. The van der Waals surface area contributed by atoms with Crippen molar-refractivity contribution in [3.63, 3.8) is 0 Å². The van der Waals surface area contributed by atoms with Crippen molar-refractivity contribution in [3.8, 4) is 0 Å². The molecule has 5 heteroatoms. The lowest BCUT2D eigenvalue weighted by atomic mass is 9.86. The van der Waals surface area contributed by atoms with Crippen LogP contribution in [0.2, 0.25) is 0 Å². The highest BCUT2D eigenvalue weighted by Crippen LogP contribution is 2.22. The minimum absolute atomic E-state index is 0.222. The molecule has 1 saturated heterocycles. The Bertz CT molecular complexity index is 278. The molecule has 0 aromatic heterocycles. The molecule has 0 aromatic carbocycles. The van der Waals surface area contributed by atoms with Gasteiger partial charge in [0.25, 0.3) is 0 Å². The molecule has 0 bridgehead atoms. The van der Waals surface area contributed by atoms with Crippen molar-refractivity contribution in [2.24, 2.45) is 16.3 Å².